The zero-order chi connectivity index (χ0) is 11.8. The van der Waals surface area contributed by atoms with Crippen LogP contribution in [0.3, 0.4) is 0 Å². The predicted octanol–water partition coefficient (Wildman–Crippen LogP) is 2.81. The lowest BCUT2D eigenvalue weighted by Crippen LogP contribution is -1.96. The van der Waals surface area contributed by atoms with Crippen molar-refractivity contribution < 1.29 is 4.79 Å². The molecule has 3 rings (SSSR count). The van der Waals surface area contributed by atoms with Gasteiger partial charge in [-0.2, -0.15) is 0 Å². The van der Waals surface area contributed by atoms with E-state index in [1.54, 1.807) is 0 Å². The maximum atomic E-state index is 10.4. The Labute approximate surface area is 100 Å². The molecule has 0 radical (unpaired) electrons. The summed E-state index contributed by atoms with van der Waals surface area (Å²) < 4.78 is 2.35. The molecule has 1 heterocycles. The zero-order valence-electron chi connectivity index (χ0n) is 10.0. The smallest absolute Gasteiger partial charge is 0.120 e. The molecule has 17 heavy (non-hydrogen) atoms. The Balaban J connectivity index is 2.02. The zero-order valence-corrected chi connectivity index (χ0v) is 10.0. The van der Waals surface area contributed by atoms with Crippen LogP contribution in [-0.4, -0.2) is 15.8 Å². The summed E-state index contributed by atoms with van der Waals surface area (Å²) in [6.07, 6.45) is 4.93. The minimum absolute atomic E-state index is 0.591. The fraction of sp³-hybridized carbons (Fsp3) is 0.429. The fourth-order valence-electron chi connectivity index (χ4n) is 2.44. The second-order valence-corrected chi connectivity index (χ2v) is 4.79. The largest absolute Gasteiger partial charge is 0.325 e. The van der Waals surface area contributed by atoms with Crippen LogP contribution < -0.4 is 0 Å². The van der Waals surface area contributed by atoms with Crippen molar-refractivity contribution in [2.24, 2.45) is 0 Å². The summed E-state index contributed by atoms with van der Waals surface area (Å²) >= 11 is 0. The van der Waals surface area contributed by atoms with Crippen molar-refractivity contribution in [1.82, 2.24) is 9.55 Å². The van der Waals surface area contributed by atoms with Gasteiger partial charge in [0.2, 0.25) is 0 Å². The van der Waals surface area contributed by atoms with E-state index in [9.17, 15) is 4.79 Å². The lowest BCUT2D eigenvalue weighted by Gasteiger charge is -2.04. The van der Waals surface area contributed by atoms with Gasteiger partial charge in [0.1, 0.15) is 12.1 Å². The third-order valence-electron chi connectivity index (χ3n) is 3.39. The van der Waals surface area contributed by atoms with Gasteiger partial charge >= 0.3 is 0 Å². The monoisotopic (exact) mass is 228 g/mol. The average Bonchev–Trinajstić information content (AvgIpc) is 3.09. The number of aldehydes is 1. The first-order chi connectivity index (χ1) is 8.29. The molecule has 0 spiro atoms. The van der Waals surface area contributed by atoms with E-state index in [0.29, 0.717) is 12.5 Å². The average molecular weight is 228 g/mol. The molecule has 0 aliphatic heterocycles. The van der Waals surface area contributed by atoms with E-state index in [2.05, 4.69) is 34.7 Å². The summed E-state index contributed by atoms with van der Waals surface area (Å²) in [5.41, 5.74) is 3.50. The standard InChI is InChI=1S/C14H16N2O/c1-10-15-13-9-11(3-2-8-17)4-7-14(13)16(10)12-5-6-12/h4,7-9,12H,2-3,5-6H2,1H3. The molecule has 2 aromatic rings. The third kappa shape index (κ3) is 1.86. The van der Waals surface area contributed by atoms with Crippen molar-refractivity contribution in [2.45, 2.75) is 38.6 Å². The van der Waals surface area contributed by atoms with Crippen molar-refractivity contribution in [2.75, 3.05) is 0 Å². The van der Waals surface area contributed by atoms with Crippen molar-refractivity contribution in [1.29, 1.82) is 0 Å². The van der Waals surface area contributed by atoms with E-state index in [-0.39, 0.29) is 0 Å². The van der Waals surface area contributed by atoms with Gasteiger partial charge in [-0.25, -0.2) is 4.98 Å². The fourth-order valence-corrected chi connectivity index (χ4v) is 2.44. The number of nitrogens with zero attached hydrogens (tertiary/aromatic N) is 2. The highest BCUT2D eigenvalue weighted by Crippen LogP contribution is 2.38. The molecule has 0 amide bonds. The topological polar surface area (TPSA) is 34.9 Å². The Morgan fingerprint density at radius 3 is 3.00 bits per heavy atom. The van der Waals surface area contributed by atoms with Crippen molar-refractivity contribution in [3.63, 3.8) is 0 Å². The Kier molecular flexibility index (Phi) is 2.46. The molecule has 1 saturated carbocycles. The van der Waals surface area contributed by atoms with Crippen molar-refractivity contribution in [3.05, 3.63) is 29.6 Å². The minimum Gasteiger partial charge on any atom is -0.325 e. The molecule has 88 valence electrons. The normalized spacial score (nSPS) is 15.4. The Morgan fingerprint density at radius 1 is 1.47 bits per heavy atom. The number of aryl methyl sites for hydroxylation is 2. The molecule has 0 atom stereocenters. The first-order valence-corrected chi connectivity index (χ1v) is 6.20. The maximum Gasteiger partial charge on any atom is 0.120 e. The Morgan fingerprint density at radius 2 is 2.29 bits per heavy atom. The number of aromatic nitrogens is 2. The summed E-state index contributed by atoms with van der Waals surface area (Å²) in [6.45, 7) is 2.07. The summed E-state index contributed by atoms with van der Waals surface area (Å²) in [5, 5.41) is 0. The molecule has 0 saturated heterocycles. The van der Waals surface area contributed by atoms with Gasteiger partial charge in [-0.3, -0.25) is 0 Å². The molecule has 1 aromatic carbocycles. The van der Waals surface area contributed by atoms with Crippen LogP contribution in [-0.2, 0) is 11.2 Å². The molecule has 3 nitrogen and oxygen atoms in total. The molecule has 1 fully saturated rings. The van der Waals surface area contributed by atoms with E-state index in [1.807, 2.05) is 0 Å². The van der Waals surface area contributed by atoms with Crippen molar-refractivity contribution in [3.8, 4) is 0 Å². The molecule has 1 aliphatic rings. The van der Waals surface area contributed by atoms with Gasteiger partial charge in [0, 0.05) is 12.5 Å². The lowest BCUT2D eigenvalue weighted by atomic mass is 10.1. The highest BCUT2D eigenvalue weighted by Gasteiger charge is 2.26. The number of hydrogen-bond acceptors (Lipinski definition) is 2. The molecular weight excluding hydrogens is 212 g/mol. The lowest BCUT2D eigenvalue weighted by molar-refractivity contribution is -0.107. The van der Waals surface area contributed by atoms with Crippen LogP contribution in [0.4, 0.5) is 0 Å². The molecule has 1 aliphatic carbocycles. The number of rotatable bonds is 4. The van der Waals surface area contributed by atoms with Crippen LogP contribution in [0.5, 0.6) is 0 Å². The SMILES string of the molecule is Cc1nc2cc(CCC=O)ccc2n1C1CC1. The van der Waals surface area contributed by atoms with Crippen LogP contribution in [0, 0.1) is 6.92 Å². The second-order valence-electron chi connectivity index (χ2n) is 4.79. The number of hydrogen-bond donors (Lipinski definition) is 0. The van der Waals surface area contributed by atoms with Crippen LogP contribution in [0.2, 0.25) is 0 Å². The molecule has 0 bridgehead atoms. The van der Waals surface area contributed by atoms with E-state index in [0.717, 1.165) is 24.0 Å². The first kappa shape index (κ1) is 10.5. The number of fused-ring (bicyclic) bond motifs is 1. The number of carbonyl (C=O) groups excluding carboxylic acids is 1. The molecule has 3 heteroatoms. The third-order valence-corrected chi connectivity index (χ3v) is 3.39. The van der Waals surface area contributed by atoms with E-state index < -0.39 is 0 Å². The van der Waals surface area contributed by atoms with Gasteiger partial charge in [0.05, 0.1) is 11.0 Å². The molecule has 0 N–H and O–H groups in total. The predicted molar refractivity (Wildman–Crippen MR) is 67.1 cm³/mol. The van der Waals surface area contributed by atoms with Gasteiger partial charge in [-0.15, -0.1) is 0 Å². The molecule has 1 aromatic heterocycles. The molecular formula is C14H16N2O. The Hall–Kier alpha value is -1.64. The number of carbonyl (C=O) groups is 1. The summed E-state index contributed by atoms with van der Waals surface area (Å²) in [6, 6.07) is 7.05. The summed E-state index contributed by atoms with van der Waals surface area (Å²) in [4.78, 5) is 15.0. The van der Waals surface area contributed by atoms with Crippen LogP contribution in [0.15, 0.2) is 18.2 Å². The van der Waals surface area contributed by atoms with Crippen LogP contribution in [0.25, 0.3) is 11.0 Å². The van der Waals surface area contributed by atoms with E-state index >= 15 is 0 Å². The summed E-state index contributed by atoms with van der Waals surface area (Å²) in [5.74, 6) is 1.11. The van der Waals surface area contributed by atoms with Gasteiger partial charge in [0.25, 0.3) is 0 Å². The summed E-state index contributed by atoms with van der Waals surface area (Å²) in [7, 11) is 0. The van der Waals surface area contributed by atoms with Crippen molar-refractivity contribution >= 4 is 17.3 Å². The van der Waals surface area contributed by atoms with E-state index in [1.165, 1.54) is 23.9 Å². The van der Waals surface area contributed by atoms with Crippen LogP contribution >= 0.6 is 0 Å². The van der Waals surface area contributed by atoms with Gasteiger partial charge in [-0.1, -0.05) is 6.07 Å². The first-order valence-electron chi connectivity index (χ1n) is 6.20. The minimum atomic E-state index is 0.591. The number of benzene rings is 1. The highest BCUT2D eigenvalue weighted by atomic mass is 16.1. The molecule has 0 unspecified atom stereocenters. The quantitative estimate of drug-likeness (QED) is 0.754. The van der Waals surface area contributed by atoms with Gasteiger partial charge in [-0.05, 0) is 43.9 Å². The van der Waals surface area contributed by atoms with Gasteiger partial charge in [0.15, 0.2) is 0 Å². The highest BCUT2D eigenvalue weighted by molar-refractivity contribution is 5.77. The Bertz CT molecular complexity index is 567. The second kappa shape index (κ2) is 3.99. The van der Waals surface area contributed by atoms with Gasteiger partial charge < -0.3 is 9.36 Å². The van der Waals surface area contributed by atoms with Crippen LogP contribution in [0.1, 0.15) is 36.7 Å². The van der Waals surface area contributed by atoms with E-state index in [4.69, 9.17) is 0 Å². The maximum absolute atomic E-state index is 10.4. The number of imidazole rings is 1.